The Kier molecular flexibility index (Phi) is 8.33. The number of aromatic nitrogens is 2. The van der Waals surface area contributed by atoms with Crippen LogP contribution in [0.5, 0.6) is 0 Å². The molecular formula is C35H34N2. The average molecular weight is 483 g/mol. The molecule has 0 N–H and O–H groups in total. The van der Waals surface area contributed by atoms with Gasteiger partial charge in [-0.15, -0.1) is 0 Å². The lowest BCUT2D eigenvalue weighted by atomic mass is 10.0. The van der Waals surface area contributed by atoms with Crippen LogP contribution in [-0.4, -0.2) is 9.55 Å². The number of allylic oxidation sites excluding steroid dienone is 12. The van der Waals surface area contributed by atoms with Crippen LogP contribution in [0.4, 0.5) is 0 Å². The van der Waals surface area contributed by atoms with E-state index >= 15 is 0 Å². The van der Waals surface area contributed by atoms with Crippen molar-refractivity contribution in [2.24, 2.45) is 0 Å². The van der Waals surface area contributed by atoms with Gasteiger partial charge in [0.25, 0.3) is 0 Å². The predicted molar refractivity (Wildman–Crippen MR) is 162 cm³/mol. The van der Waals surface area contributed by atoms with Gasteiger partial charge >= 0.3 is 0 Å². The highest BCUT2D eigenvalue weighted by Gasteiger charge is 2.23. The maximum atomic E-state index is 5.28. The second kappa shape index (κ2) is 12.0. The fourth-order valence-corrected chi connectivity index (χ4v) is 4.57. The van der Waals surface area contributed by atoms with Crippen LogP contribution in [0.25, 0.3) is 40.4 Å². The number of fused-ring (bicyclic) bond motifs is 1. The summed E-state index contributed by atoms with van der Waals surface area (Å²) in [7, 11) is 0. The number of imidazole rings is 1. The molecule has 1 aliphatic carbocycles. The first kappa shape index (κ1) is 25.7. The van der Waals surface area contributed by atoms with E-state index in [-0.39, 0.29) is 0 Å². The van der Waals surface area contributed by atoms with E-state index in [1.165, 1.54) is 16.0 Å². The summed E-state index contributed by atoms with van der Waals surface area (Å²) < 4.78 is 2.29. The Bertz CT molecular complexity index is 1580. The van der Waals surface area contributed by atoms with Crippen molar-refractivity contribution in [3.8, 4) is 11.4 Å². The summed E-state index contributed by atoms with van der Waals surface area (Å²) in [6.45, 7) is 14.3. The molecule has 2 heteroatoms. The maximum absolute atomic E-state index is 5.28. The molecule has 0 radical (unpaired) electrons. The Morgan fingerprint density at radius 2 is 1.73 bits per heavy atom. The molecule has 2 aromatic carbocycles. The normalized spacial score (nSPS) is 14.1. The standard InChI is InChI=1S/C35H34N2/c1-6-10-17-27(9-4)33-34(28(15-7-2)16-8-3)37(35(36-33)29-18-12-11-13-19-29)32-21-14-20-30-24-26(5)22-23-31(30)25-32/h6-13,15-25H,2,4,14H2,1,3,5H3/b10-6-,16-8-,27-17+,28-15+. The zero-order chi connectivity index (χ0) is 26.2. The average Bonchev–Trinajstić information content (AvgIpc) is 3.18. The molecule has 1 heterocycles. The van der Waals surface area contributed by atoms with Gasteiger partial charge in [-0.2, -0.15) is 0 Å². The molecule has 0 aliphatic heterocycles. The lowest BCUT2D eigenvalue weighted by Crippen LogP contribution is -2.24. The van der Waals surface area contributed by atoms with Crippen molar-refractivity contribution in [2.45, 2.75) is 27.2 Å². The number of hydrogen-bond donors (Lipinski definition) is 0. The Balaban J connectivity index is 2.15. The minimum absolute atomic E-state index is 0.830. The van der Waals surface area contributed by atoms with E-state index < -0.39 is 0 Å². The van der Waals surface area contributed by atoms with Gasteiger partial charge in [-0.1, -0.05) is 128 Å². The molecule has 37 heavy (non-hydrogen) atoms. The number of aryl methyl sites for hydroxylation is 1. The summed E-state index contributed by atoms with van der Waals surface area (Å²) in [4.78, 5) is 5.28. The fraction of sp³-hybridized carbons (Fsp3) is 0.114. The summed E-state index contributed by atoms with van der Waals surface area (Å²) in [5, 5.41) is 2.45. The molecule has 0 saturated heterocycles. The molecule has 0 saturated carbocycles. The Labute approximate surface area is 220 Å². The van der Waals surface area contributed by atoms with Gasteiger partial charge in [0.05, 0.1) is 11.4 Å². The van der Waals surface area contributed by atoms with Crippen molar-refractivity contribution in [2.75, 3.05) is 0 Å². The Hall–Kier alpha value is -4.43. The van der Waals surface area contributed by atoms with Gasteiger partial charge < -0.3 is 0 Å². The van der Waals surface area contributed by atoms with E-state index in [1.807, 2.05) is 50.3 Å². The van der Waals surface area contributed by atoms with Crippen LogP contribution >= 0.6 is 0 Å². The summed E-state index contributed by atoms with van der Waals surface area (Å²) in [5.41, 5.74) is 7.27. The van der Waals surface area contributed by atoms with E-state index in [9.17, 15) is 0 Å². The summed E-state index contributed by atoms with van der Waals surface area (Å²) >= 11 is 0. The van der Waals surface area contributed by atoms with Crippen molar-refractivity contribution >= 4 is 29.0 Å². The van der Waals surface area contributed by atoms with E-state index in [0.717, 1.165) is 46.0 Å². The first-order chi connectivity index (χ1) is 18.1. The molecule has 0 spiro atoms. The van der Waals surface area contributed by atoms with E-state index in [2.05, 4.69) is 104 Å². The molecule has 4 rings (SSSR count). The zero-order valence-electron chi connectivity index (χ0n) is 22.0. The van der Waals surface area contributed by atoms with Gasteiger partial charge in [0.1, 0.15) is 5.82 Å². The van der Waals surface area contributed by atoms with Crippen LogP contribution in [0.15, 0.2) is 116 Å². The van der Waals surface area contributed by atoms with Crippen molar-refractivity contribution in [1.82, 2.24) is 9.55 Å². The SMILES string of the molecule is C=C/C=C(\C=C/C)c1c(/C(C=C)=C/C=C\C)nc(-c2ccccc2)n1C1=CCC=c2cc(C)ccc2=C1. The highest BCUT2D eigenvalue weighted by molar-refractivity contribution is 5.92. The van der Waals surface area contributed by atoms with Crippen LogP contribution in [0.2, 0.25) is 0 Å². The third kappa shape index (κ3) is 5.54. The van der Waals surface area contributed by atoms with E-state index in [1.54, 1.807) is 0 Å². The third-order valence-corrected chi connectivity index (χ3v) is 6.26. The maximum Gasteiger partial charge on any atom is 0.145 e. The van der Waals surface area contributed by atoms with Gasteiger partial charge in [-0.3, -0.25) is 4.57 Å². The number of hydrogen-bond acceptors (Lipinski definition) is 1. The summed E-state index contributed by atoms with van der Waals surface area (Å²) in [6.07, 6.45) is 23.7. The monoisotopic (exact) mass is 482 g/mol. The second-order valence-electron chi connectivity index (χ2n) is 8.89. The topological polar surface area (TPSA) is 17.8 Å². The second-order valence-corrected chi connectivity index (χ2v) is 8.89. The van der Waals surface area contributed by atoms with Crippen molar-refractivity contribution in [3.05, 3.63) is 144 Å². The molecule has 0 unspecified atom stereocenters. The van der Waals surface area contributed by atoms with Gasteiger partial charge in [0, 0.05) is 22.4 Å². The van der Waals surface area contributed by atoms with Gasteiger partial charge in [0.2, 0.25) is 0 Å². The van der Waals surface area contributed by atoms with Crippen LogP contribution in [0, 0.1) is 6.92 Å². The Morgan fingerprint density at radius 1 is 0.919 bits per heavy atom. The first-order valence-electron chi connectivity index (χ1n) is 12.7. The minimum atomic E-state index is 0.830. The highest BCUT2D eigenvalue weighted by Crippen LogP contribution is 2.35. The largest absolute Gasteiger partial charge is 0.292 e. The van der Waals surface area contributed by atoms with Crippen LogP contribution in [-0.2, 0) is 0 Å². The van der Waals surface area contributed by atoms with Crippen LogP contribution in [0.3, 0.4) is 0 Å². The minimum Gasteiger partial charge on any atom is -0.292 e. The quantitative estimate of drug-likeness (QED) is 0.301. The summed E-state index contributed by atoms with van der Waals surface area (Å²) in [5.74, 6) is 0.886. The third-order valence-electron chi connectivity index (χ3n) is 6.26. The first-order valence-corrected chi connectivity index (χ1v) is 12.7. The highest BCUT2D eigenvalue weighted by atomic mass is 15.1. The van der Waals surface area contributed by atoms with Gasteiger partial charge in [0.15, 0.2) is 0 Å². The zero-order valence-corrected chi connectivity index (χ0v) is 22.0. The summed E-state index contributed by atoms with van der Waals surface area (Å²) in [6, 6.07) is 17.0. The van der Waals surface area contributed by atoms with Gasteiger partial charge in [-0.25, -0.2) is 4.98 Å². The van der Waals surface area contributed by atoms with E-state index in [4.69, 9.17) is 4.98 Å². The lowest BCUT2D eigenvalue weighted by Gasteiger charge is -2.15. The van der Waals surface area contributed by atoms with E-state index in [0.29, 0.717) is 0 Å². The number of nitrogens with zero attached hydrogens (tertiary/aromatic N) is 2. The molecular weight excluding hydrogens is 448 g/mol. The molecule has 0 amide bonds. The molecule has 0 bridgehead atoms. The molecule has 0 atom stereocenters. The van der Waals surface area contributed by atoms with Crippen molar-refractivity contribution in [1.29, 1.82) is 0 Å². The molecule has 1 aromatic heterocycles. The smallest absolute Gasteiger partial charge is 0.145 e. The Morgan fingerprint density at radius 3 is 2.43 bits per heavy atom. The molecule has 1 aliphatic rings. The molecule has 2 nitrogen and oxygen atoms in total. The van der Waals surface area contributed by atoms with Gasteiger partial charge in [-0.05, 0) is 43.7 Å². The predicted octanol–water partition coefficient (Wildman–Crippen LogP) is 7.66. The number of rotatable bonds is 8. The number of benzene rings is 2. The molecule has 184 valence electrons. The van der Waals surface area contributed by atoms with Crippen LogP contribution in [0.1, 0.15) is 37.2 Å². The fourth-order valence-electron chi connectivity index (χ4n) is 4.57. The van der Waals surface area contributed by atoms with Crippen molar-refractivity contribution < 1.29 is 0 Å². The molecule has 3 aromatic rings. The molecule has 0 fully saturated rings. The lowest BCUT2D eigenvalue weighted by molar-refractivity contribution is 1.09. The van der Waals surface area contributed by atoms with Crippen LogP contribution < -0.4 is 10.4 Å². The van der Waals surface area contributed by atoms with Crippen molar-refractivity contribution in [3.63, 3.8) is 0 Å².